The lowest BCUT2D eigenvalue weighted by Gasteiger charge is -2.23. The molecule has 0 aliphatic heterocycles. The summed E-state index contributed by atoms with van der Waals surface area (Å²) in [5, 5.41) is 6.27. The molecule has 0 amide bonds. The molecular formula is C27H21OP. The van der Waals surface area contributed by atoms with Crippen molar-refractivity contribution >= 4 is 39.3 Å². The topological polar surface area (TPSA) is 17.1 Å². The minimum atomic E-state index is -2.94. The van der Waals surface area contributed by atoms with E-state index in [1.165, 1.54) is 0 Å². The van der Waals surface area contributed by atoms with Crippen LogP contribution in [0.3, 0.4) is 0 Å². The van der Waals surface area contributed by atoms with Crippen molar-refractivity contribution in [2.24, 2.45) is 0 Å². The normalized spacial score (nSPS) is 11.7. The minimum Gasteiger partial charge on any atom is -0.313 e. The van der Waals surface area contributed by atoms with E-state index in [2.05, 4.69) is 48.5 Å². The molecule has 5 rings (SSSR count). The fraction of sp³-hybridized carbons (Fsp3) is 0.0370. The smallest absolute Gasteiger partial charge is 0.148 e. The van der Waals surface area contributed by atoms with Gasteiger partial charge in [-0.1, -0.05) is 115 Å². The second-order valence-corrected chi connectivity index (χ2v) is 10.1. The zero-order valence-corrected chi connectivity index (χ0v) is 16.9. The Morgan fingerprint density at radius 1 is 0.483 bits per heavy atom. The summed E-state index contributed by atoms with van der Waals surface area (Å²) >= 11 is 0. The van der Waals surface area contributed by atoms with Gasteiger partial charge in [0.2, 0.25) is 0 Å². The van der Waals surface area contributed by atoms with Gasteiger partial charge in [-0.05, 0) is 27.1 Å². The lowest BCUT2D eigenvalue weighted by Crippen LogP contribution is -2.19. The molecule has 5 aromatic carbocycles. The second-order valence-electron chi connectivity index (χ2n) is 7.38. The van der Waals surface area contributed by atoms with Crippen LogP contribution in [0.5, 0.6) is 0 Å². The Kier molecular flexibility index (Phi) is 4.54. The van der Waals surface area contributed by atoms with Crippen LogP contribution in [-0.2, 0) is 10.7 Å². The largest absolute Gasteiger partial charge is 0.313 e. The lowest BCUT2D eigenvalue weighted by atomic mass is 10.1. The predicted molar refractivity (Wildman–Crippen MR) is 125 cm³/mol. The number of rotatable bonds is 4. The van der Waals surface area contributed by atoms with Gasteiger partial charge in [-0.2, -0.15) is 0 Å². The first-order valence-electron chi connectivity index (χ1n) is 9.85. The van der Waals surface area contributed by atoms with Gasteiger partial charge in [0.05, 0.1) is 0 Å². The fourth-order valence-electron chi connectivity index (χ4n) is 4.19. The summed E-state index contributed by atoms with van der Waals surface area (Å²) in [4.78, 5) is 0. The van der Waals surface area contributed by atoms with Crippen molar-refractivity contribution in [2.45, 2.75) is 6.16 Å². The Balaban J connectivity index is 1.84. The Hall–Kier alpha value is -3.15. The molecule has 1 nitrogen and oxygen atoms in total. The van der Waals surface area contributed by atoms with Crippen LogP contribution in [0.1, 0.15) is 5.56 Å². The molecule has 0 spiro atoms. The summed E-state index contributed by atoms with van der Waals surface area (Å²) in [6.07, 6.45) is 0.510. The first-order chi connectivity index (χ1) is 14.3. The van der Waals surface area contributed by atoms with Crippen molar-refractivity contribution in [1.82, 2.24) is 0 Å². The average Bonchev–Trinajstić information content (AvgIpc) is 2.79. The van der Waals surface area contributed by atoms with E-state index in [9.17, 15) is 0 Å². The summed E-state index contributed by atoms with van der Waals surface area (Å²) in [5.74, 6) is 0. The summed E-state index contributed by atoms with van der Waals surface area (Å²) < 4.78 is 15.0. The monoisotopic (exact) mass is 392 g/mol. The van der Waals surface area contributed by atoms with E-state index in [1.54, 1.807) is 0 Å². The molecule has 5 aromatic rings. The average molecular weight is 392 g/mol. The van der Waals surface area contributed by atoms with Crippen molar-refractivity contribution in [1.29, 1.82) is 0 Å². The molecule has 0 bridgehead atoms. The number of hydrogen-bond donors (Lipinski definition) is 0. The molecule has 0 saturated carbocycles. The highest BCUT2D eigenvalue weighted by molar-refractivity contribution is 7.78. The molecule has 0 fully saturated rings. The molecule has 0 aromatic heterocycles. The van der Waals surface area contributed by atoms with Gasteiger partial charge in [0.15, 0.2) is 0 Å². The number of hydrogen-bond acceptors (Lipinski definition) is 1. The standard InChI is InChI=1S/C27H21OP/c28-29(20-21-10-2-1-3-11-21,26-18-8-14-22-12-4-6-16-24(22)26)27-19-9-15-23-13-5-7-17-25(23)27/h1-19H,20H2. The summed E-state index contributed by atoms with van der Waals surface area (Å²) in [5.41, 5.74) is 1.09. The van der Waals surface area contributed by atoms with Gasteiger partial charge in [0, 0.05) is 16.8 Å². The van der Waals surface area contributed by atoms with E-state index in [1.807, 2.05) is 66.7 Å². The van der Waals surface area contributed by atoms with Crippen LogP contribution >= 0.6 is 7.14 Å². The molecule has 0 radical (unpaired) electrons. The maximum Gasteiger partial charge on any atom is 0.148 e. The highest BCUT2D eigenvalue weighted by Gasteiger charge is 2.31. The van der Waals surface area contributed by atoms with Crippen LogP contribution < -0.4 is 10.6 Å². The van der Waals surface area contributed by atoms with Crippen molar-refractivity contribution in [3.63, 3.8) is 0 Å². The van der Waals surface area contributed by atoms with Gasteiger partial charge in [-0.15, -0.1) is 0 Å². The first-order valence-corrected chi connectivity index (χ1v) is 11.7. The van der Waals surface area contributed by atoms with Crippen molar-refractivity contribution in [2.75, 3.05) is 0 Å². The molecule has 0 N–H and O–H groups in total. The SMILES string of the molecule is O=P(Cc1ccccc1)(c1cccc2ccccc12)c1cccc2ccccc12. The summed E-state index contributed by atoms with van der Waals surface area (Å²) in [6.45, 7) is 0. The first kappa shape index (κ1) is 17.9. The molecule has 0 aliphatic carbocycles. The maximum atomic E-state index is 15.0. The minimum absolute atomic E-state index is 0.510. The molecule has 0 heterocycles. The molecule has 0 atom stereocenters. The van der Waals surface area contributed by atoms with Gasteiger partial charge < -0.3 is 4.57 Å². The zero-order valence-electron chi connectivity index (χ0n) is 16.0. The Labute approximate surface area is 171 Å². The Bertz CT molecular complexity index is 1260. The second kappa shape index (κ2) is 7.35. The summed E-state index contributed by atoms with van der Waals surface area (Å²) in [7, 11) is -2.94. The van der Waals surface area contributed by atoms with E-state index in [-0.39, 0.29) is 0 Å². The van der Waals surface area contributed by atoms with E-state index in [0.29, 0.717) is 6.16 Å². The summed E-state index contributed by atoms with van der Waals surface area (Å²) in [6, 6.07) is 39.0. The van der Waals surface area contributed by atoms with Gasteiger partial charge in [-0.25, -0.2) is 0 Å². The highest BCUT2D eigenvalue weighted by Crippen LogP contribution is 2.50. The number of benzene rings is 5. The Morgan fingerprint density at radius 3 is 1.48 bits per heavy atom. The van der Waals surface area contributed by atoms with E-state index < -0.39 is 7.14 Å². The molecule has 29 heavy (non-hydrogen) atoms. The highest BCUT2D eigenvalue weighted by atomic mass is 31.2. The van der Waals surface area contributed by atoms with Crippen molar-refractivity contribution < 1.29 is 4.57 Å². The van der Waals surface area contributed by atoms with Gasteiger partial charge in [-0.3, -0.25) is 0 Å². The maximum absolute atomic E-state index is 15.0. The zero-order chi connectivity index (χ0) is 19.7. The quantitative estimate of drug-likeness (QED) is 0.319. The van der Waals surface area contributed by atoms with Crippen molar-refractivity contribution in [3.8, 4) is 0 Å². The third-order valence-electron chi connectivity index (χ3n) is 5.56. The molecule has 140 valence electrons. The van der Waals surface area contributed by atoms with Crippen LogP contribution in [0, 0.1) is 0 Å². The van der Waals surface area contributed by atoms with Crippen LogP contribution in [0.25, 0.3) is 21.5 Å². The molecule has 0 aliphatic rings. The number of fused-ring (bicyclic) bond motifs is 2. The molecule has 2 heteroatoms. The third kappa shape index (κ3) is 3.18. The van der Waals surface area contributed by atoms with E-state index >= 15 is 4.57 Å². The van der Waals surface area contributed by atoms with Crippen LogP contribution in [0.15, 0.2) is 115 Å². The fourth-order valence-corrected chi connectivity index (χ4v) is 7.35. The third-order valence-corrected chi connectivity index (χ3v) is 8.71. The van der Waals surface area contributed by atoms with Gasteiger partial charge in [0.25, 0.3) is 0 Å². The van der Waals surface area contributed by atoms with Gasteiger partial charge >= 0.3 is 0 Å². The predicted octanol–water partition coefficient (Wildman–Crippen LogP) is 6.51. The van der Waals surface area contributed by atoms with E-state index in [0.717, 1.165) is 37.7 Å². The van der Waals surface area contributed by atoms with E-state index in [4.69, 9.17) is 0 Å². The van der Waals surface area contributed by atoms with Crippen LogP contribution in [0.2, 0.25) is 0 Å². The Morgan fingerprint density at radius 2 is 0.931 bits per heavy atom. The van der Waals surface area contributed by atoms with Crippen LogP contribution in [-0.4, -0.2) is 0 Å². The molecular weight excluding hydrogens is 371 g/mol. The van der Waals surface area contributed by atoms with Crippen molar-refractivity contribution in [3.05, 3.63) is 121 Å². The molecule has 0 unspecified atom stereocenters. The van der Waals surface area contributed by atoms with Crippen LogP contribution in [0.4, 0.5) is 0 Å². The molecule has 0 saturated heterocycles. The lowest BCUT2D eigenvalue weighted by molar-refractivity contribution is 0.587. The van der Waals surface area contributed by atoms with Gasteiger partial charge in [0.1, 0.15) is 7.14 Å².